The maximum absolute atomic E-state index is 11.4. The number of nitrogens with one attached hydrogen (secondary N) is 1. The monoisotopic (exact) mass is 263 g/mol. The fourth-order valence-corrected chi connectivity index (χ4v) is 2.17. The Balaban J connectivity index is 3.08. The van der Waals surface area contributed by atoms with Crippen LogP contribution in [0.3, 0.4) is 0 Å². The van der Waals surface area contributed by atoms with E-state index in [0.29, 0.717) is 6.42 Å². The lowest BCUT2D eigenvalue weighted by Crippen LogP contribution is -2.45. The highest BCUT2D eigenvalue weighted by molar-refractivity contribution is 5.81. The second-order valence-corrected chi connectivity index (χ2v) is 6.16. The molecule has 0 saturated carbocycles. The summed E-state index contributed by atoms with van der Waals surface area (Å²) in [5.41, 5.74) is 12.8. The van der Waals surface area contributed by atoms with Crippen LogP contribution in [0.5, 0.6) is 0 Å². The van der Waals surface area contributed by atoms with Crippen molar-refractivity contribution < 1.29 is 4.79 Å². The highest BCUT2D eigenvalue weighted by atomic mass is 16.2. The van der Waals surface area contributed by atoms with E-state index in [1.165, 1.54) is 16.7 Å². The van der Waals surface area contributed by atoms with E-state index in [1.54, 1.807) is 0 Å². The second-order valence-electron chi connectivity index (χ2n) is 6.16. The van der Waals surface area contributed by atoms with Crippen LogP contribution in [0.25, 0.3) is 0 Å². The first-order valence-corrected chi connectivity index (χ1v) is 6.53. The minimum absolute atomic E-state index is 0.116. The average Bonchev–Trinajstić information content (AvgIpc) is 2.30. The van der Waals surface area contributed by atoms with Gasteiger partial charge in [-0.1, -0.05) is 32.9 Å². The third-order valence-corrected chi connectivity index (χ3v) is 3.47. The van der Waals surface area contributed by atoms with E-state index in [9.17, 15) is 4.79 Å². The van der Waals surface area contributed by atoms with Gasteiger partial charge in [0.25, 0.3) is 5.91 Å². The largest absolute Gasteiger partial charge is 0.320 e. The third kappa shape index (κ3) is 3.78. The minimum atomic E-state index is -0.608. The molecule has 1 unspecified atom stereocenters. The van der Waals surface area contributed by atoms with Gasteiger partial charge in [-0.3, -0.25) is 10.2 Å². The number of aryl methyl sites for hydroxylation is 2. The van der Waals surface area contributed by atoms with Crippen LogP contribution >= 0.6 is 0 Å². The number of carbonyl (C=O) groups is 1. The fraction of sp³-hybridized carbons (Fsp3) is 0.533. The van der Waals surface area contributed by atoms with Crippen molar-refractivity contribution >= 4 is 5.91 Å². The van der Waals surface area contributed by atoms with Gasteiger partial charge in [-0.25, -0.2) is 5.84 Å². The Bertz CT molecular complexity index is 452. The van der Waals surface area contributed by atoms with Gasteiger partial charge in [0, 0.05) is 0 Å². The average molecular weight is 263 g/mol. The summed E-state index contributed by atoms with van der Waals surface area (Å²) in [6.45, 7) is 10.7. The van der Waals surface area contributed by atoms with Crippen molar-refractivity contribution in [3.05, 3.63) is 34.4 Å². The van der Waals surface area contributed by atoms with E-state index in [0.717, 1.165) is 5.56 Å². The zero-order valence-electron chi connectivity index (χ0n) is 12.5. The lowest BCUT2D eigenvalue weighted by Gasteiger charge is -2.23. The number of rotatable bonds is 3. The SMILES string of the molecule is Cc1cc(C(C)(C)C)cc(C)c1CC(N)C(=O)NN. The summed E-state index contributed by atoms with van der Waals surface area (Å²) < 4.78 is 0. The number of hydrazine groups is 1. The molecule has 0 radical (unpaired) electrons. The Kier molecular flexibility index (Phi) is 4.71. The molecule has 0 aliphatic heterocycles. The summed E-state index contributed by atoms with van der Waals surface area (Å²) in [6, 6.07) is 3.74. The molecule has 106 valence electrons. The highest BCUT2D eigenvalue weighted by Crippen LogP contribution is 2.27. The van der Waals surface area contributed by atoms with Crippen molar-refractivity contribution in [2.24, 2.45) is 11.6 Å². The number of nitrogens with two attached hydrogens (primary N) is 2. The Hall–Kier alpha value is -1.39. The summed E-state index contributed by atoms with van der Waals surface area (Å²) in [5, 5.41) is 0. The number of hydrogen-bond acceptors (Lipinski definition) is 3. The van der Waals surface area contributed by atoms with Crippen LogP contribution in [-0.4, -0.2) is 11.9 Å². The van der Waals surface area contributed by atoms with Crippen LogP contribution in [0, 0.1) is 13.8 Å². The molecule has 19 heavy (non-hydrogen) atoms. The zero-order chi connectivity index (χ0) is 14.8. The molecule has 0 aliphatic carbocycles. The minimum Gasteiger partial charge on any atom is -0.320 e. The van der Waals surface area contributed by atoms with Crippen LogP contribution in [0.1, 0.15) is 43.0 Å². The molecular formula is C15H25N3O. The Labute approximate surface area is 115 Å². The Morgan fingerprint density at radius 3 is 2.11 bits per heavy atom. The quantitative estimate of drug-likeness (QED) is 0.439. The fourth-order valence-electron chi connectivity index (χ4n) is 2.17. The molecule has 4 heteroatoms. The summed E-state index contributed by atoms with van der Waals surface area (Å²) in [6.07, 6.45) is 0.505. The van der Waals surface area contributed by atoms with Crippen molar-refractivity contribution in [2.75, 3.05) is 0 Å². The molecule has 1 aromatic rings. The predicted octanol–water partition coefficient (Wildman–Crippen LogP) is 1.46. The lowest BCUT2D eigenvalue weighted by atomic mass is 9.83. The molecule has 1 rings (SSSR count). The first-order valence-electron chi connectivity index (χ1n) is 6.53. The molecule has 0 saturated heterocycles. The molecule has 5 N–H and O–H groups in total. The van der Waals surface area contributed by atoms with Gasteiger partial charge in [0.1, 0.15) is 0 Å². The van der Waals surface area contributed by atoms with Crippen molar-refractivity contribution in [3.63, 3.8) is 0 Å². The number of carbonyl (C=O) groups excluding carboxylic acids is 1. The molecule has 4 nitrogen and oxygen atoms in total. The van der Waals surface area contributed by atoms with Gasteiger partial charge in [-0.15, -0.1) is 0 Å². The smallest absolute Gasteiger partial charge is 0.251 e. The van der Waals surface area contributed by atoms with E-state index in [2.05, 4.69) is 52.2 Å². The number of hydrogen-bond donors (Lipinski definition) is 3. The maximum atomic E-state index is 11.4. The van der Waals surface area contributed by atoms with E-state index >= 15 is 0 Å². The third-order valence-electron chi connectivity index (χ3n) is 3.47. The molecular weight excluding hydrogens is 238 g/mol. The van der Waals surface area contributed by atoms with Crippen LogP contribution in [0.4, 0.5) is 0 Å². The summed E-state index contributed by atoms with van der Waals surface area (Å²) in [4.78, 5) is 11.4. The maximum Gasteiger partial charge on any atom is 0.251 e. The second kappa shape index (κ2) is 5.72. The van der Waals surface area contributed by atoms with Crippen molar-refractivity contribution in [2.45, 2.75) is 52.5 Å². The van der Waals surface area contributed by atoms with Gasteiger partial charge in [0.2, 0.25) is 0 Å². The van der Waals surface area contributed by atoms with Crippen LogP contribution in [0.2, 0.25) is 0 Å². The van der Waals surface area contributed by atoms with Gasteiger partial charge < -0.3 is 5.73 Å². The van der Waals surface area contributed by atoms with E-state index < -0.39 is 6.04 Å². The highest BCUT2D eigenvalue weighted by Gasteiger charge is 2.19. The molecule has 0 aromatic heterocycles. The molecule has 0 fully saturated rings. The Morgan fingerprint density at radius 1 is 1.26 bits per heavy atom. The predicted molar refractivity (Wildman–Crippen MR) is 78.6 cm³/mol. The van der Waals surface area contributed by atoms with Crippen molar-refractivity contribution in [1.82, 2.24) is 5.43 Å². The molecule has 0 bridgehead atoms. The Morgan fingerprint density at radius 2 is 1.74 bits per heavy atom. The number of amides is 1. The molecule has 1 amide bonds. The standard InChI is InChI=1S/C15H25N3O/c1-9-6-11(15(3,4)5)7-10(2)12(9)8-13(16)14(19)18-17/h6-7,13H,8,16-17H2,1-5H3,(H,18,19). The van der Waals surface area contributed by atoms with Gasteiger partial charge in [-0.05, 0) is 47.9 Å². The van der Waals surface area contributed by atoms with Gasteiger partial charge in [0.15, 0.2) is 0 Å². The first kappa shape index (κ1) is 15.7. The van der Waals surface area contributed by atoms with E-state index in [1.807, 2.05) is 0 Å². The van der Waals surface area contributed by atoms with Gasteiger partial charge in [0.05, 0.1) is 6.04 Å². The first-order chi connectivity index (χ1) is 8.66. The molecule has 0 spiro atoms. The lowest BCUT2D eigenvalue weighted by molar-refractivity contribution is -0.122. The molecule has 1 aromatic carbocycles. The van der Waals surface area contributed by atoms with Crippen LogP contribution < -0.4 is 17.0 Å². The van der Waals surface area contributed by atoms with Gasteiger partial charge >= 0.3 is 0 Å². The summed E-state index contributed by atoms with van der Waals surface area (Å²) in [5.74, 6) is 4.77. The van der Waals surface area contributed by atoms with Crippen molar-refractivity contribution in [3.8, 4) is 0 Å². The van der Waals surface area contributed by atoms with Crippen LogP contribution in [-0.2, 0) is 16.6 Å². The normalized spacial score (nSPS) is 13.2. The zero-order valence-corrected chi connectivity index (χ0v) is 12.5. The van der Waals surface area contributed by atoms with E-state index in [4.69, 9.17) is 11.6 Å². The molecule has 0 heterocycles. The molecule has 1 atom stereocenters. The van der Waals surface area contributed by atoms with Gasteiger partial charge in [-0.2, -0.15) is 0 Å². The summed E-state index contributed by atoms with van der Waals surface area (Å²) >= 11 is 0. The number of benzene rings is 1. The van der Waals surface area contributed by atoms with E-state index in [-0.39, 0.29) is 11.3 Å². The van der Waals surface area contributed by atoms with Crippen molar-refractivity contribution in [1.29, 1.82) is 0 Å². The van der Waals surface area contributed by atoms with Crippen LogP contribution in [0.15, 0.2) is 12.1 Å². The molecule has 0 aliphatic rings. The topological polar surface area (TPSA) is 81.1 Å². The summed E-state index contributed by atoms with van der Waals surface area (Å²) in [7, 11) is 0.